The van der Waals surface area contributed by atoms with Gasteiger partial charge in [0.15, 0.2) is 11.0 Å². The number of halogens is 2. The van der Waals surface area contributed by atoms with E-state index in [1.807, 2.05) is 6.92 Å². The molecule has 0 saturated heterocycles. The van der Waals surface area contributed by atoms with E-state index < -0.39 is 0 Å². The topological polar surface area (TPSA) is 50.7 Å². The highest BCUT2D eigenvalue weighted by Crippen LogP contribution is 2.16. The van der Waals surface area contributed by atoms with Gasteiger partial charge in [0.2, 0.25) is 5.28 Å². The van der Waals surface area contributed by atoms with Gasteiger partial charge in [-0.2, -0.15) is 4.98 Å². The van der Waals surface area contributed by atoms with E-state index in [0.29, 0.717) is 12.4 Å². The highest BCUT2D eigenvalue weighted by molar-refractivity contribution is 6.32. The summed E-state index contributed by atoms with van der Waals surface area (Å²) in [5.74, 6) is 0.421. The molecule has 4 nitrogen and oxygen atoms in total. The summed E-state index contributed by atoms with van der Waals surface area (Å²) in [6.45, 7) is 6.18. The lowest BCUT2D eigenvalue weighted by Crippen LogP contribution is -2.06. The Bertz CT molecular complexity index is 326. The molecule has 0 radical (unpaired) electrons. The second-order valence-corrected chi connectivity index (χ2v) is 3.23. The van der Waals surface area contributed by atoms with Crippen LogP contribution in [0.15, 0.2) is 12.2 Å². The lowest BCUT2D eigenvalue weighted by molar-refractivity contribution is 0.965. The highest BCUT2D eigenvalue weighted by atomic mass is 35.5. The van der Waals surface area contributed by atoms with Crippen LogP contribution < -0.4 is 5.32 Å². The monoisotopic (exact) mass is 218 g/mol. The van der Waals surface area contributed by atoms with E-state index in [2.05, 4.69) is 27.1 Å². The van der Waals surface area contributed by atoms with Crippen molar-refractivity contribution >= 4 is 29.0 Å². The number of hydrogen-bond donors (Lipinski definition) is 1. The number of hydrogen-bond acceptors (Lipinski definition) is 4. The lowest BCUT2D eigenvalue weighted by Gasteiger charge is -2.04. The predicted octanol–water partition coefficient (Wildman–Crippen LogP) is 2.17. The largest absolute Gasteiger partial charge is 0.364 e. The first-order valence-electron chi connectivity index (χ1n) is 3.53. The first kappa shape index (κ1) is 10.2. The van der Waals surface area contributed by atoms with Crippen LogP contribution in [0.25, 0.3) is 0 Å². The molecule has 0 aromatic carbocycles. The van der Waals surface area contributed by atoms with Crippen molar-refractivity contribution in [3.05, 3.63) is 22.6 Å². The van der Waals surface area contributed by atoms with Crippen LogP contribution in [0, 0.1) is 0 Å². The summed E-state index contributed by atoms with van der Waals surface area (Å²) in [6, 6.07) is 0. The van der Waals surface area contributed by atoms with Gasteiger partial charge in [-0.15, -0.1) is 10.2 Å². The average molecular weight is 219 g/mol. The summed E-state index contributed by atoms with van der Waals surface area (Å²) in [5, 5.41) is 10.2. The average Bonchev–Trinajstić information content (AvgIpc) is 2.06. The van der Waals surface area contributed by atoms with Crippen molar-refractivity contribution in [2.24, 2.45) is 0 Å². The van der Waals surface area contributed by atoms with Crippen molar-refractivity contribution in [2.45, 2.75) is 6.92 Å². The van der Waals surface area contributed by atoms with Crippen LogP contribution in [0.2, 0.25) is 10.4 Å². The zero-order valence-corrected chi connectivity index (χ0v) is 8.52. The Balaban J connectivity index is 2.75. The van der Waals surface area contributed by atoms with Crippen LogP contribution in [0.5, 0.6) is 0 Å². The fourth-order valence-corrected chi connectivity index (χ4v) is 0.910. The van der Waals surface area contributed by atoms with E-state index in [0.717, 1.165) is 5.57 Å². The van der Waals surface area contributed by atoms with Gasteiger partial charge in [-0.05, 0) is 18.5 Å². The maximum atomic E-state index is 5.69. The molecule has 70 valence electrons. The number of nitrogens with one attached hydrogen (secondary N) is 1. The zero-order chi connectivity index (χ0) is 9.84. The summed E-state index contributed by atoms with van der Waals surface area (Å²) < 4.78 is 0. The van der Waals surface area contributed by atoms with E-state index in [-0.39, 0.29) is 10.4 Å². The Hall–Kier alpha value is -0.870. The van der Waals surface area contributed by atoms with E-state index >= 15 is 0 Å². The van der Waals surface area contributed by atoms with Gasteiger partial charge >= 0.3 is 0 Å². The number of nitrogens with zero attached hydrogens (tertiary/aromatic N) is 3. The predicted molar refractivity (Wildman–Crippen MR) is 53.2 cm³/mol. The quantitative estimate of drug-likeness (QED) is 0.791. The first-order valence-corrected chi connectivity index (χ1v) is 4.29. The molecule has 0 aliphatic heterocycles. The van der Waals surface area contributed by atoms with Gasteiger partial charge in [0.1, 0.15) is 0 Å². The van der Waals surface area contributed by atoms with Crippen LogP contribution in [-0.4, -0.2) is 21.7 Å². The number of rotatable bonds is 3. The molecule has 0 amide bonds. The minimum Gasteiger partial charge on any atom is -0.364 e. The van der Waals surface area contributed by atoms with E-state index in [4.69, 9.17) is 23.2 Å². The molecule has 1 heterocycles. The fourth-order valence-electron chi connectivity index (χ4n) is 0.640. The second kappa shape index (κ2) is 4.39. The molecular formula is C7H8Cl2N4. The van der Waals surface area contributed by atoms with Gasteiger partial charge in [-0.1, -0.05) is 23.8 Å². The molecular weight excluding hydrogens is 211 g/mol. The first-order chi connectivity index (χ1) is 6.09. The van der Waals surface area contributed by atoms with Crippen molar-refractivity contribution in [3.8, 4) is 0 Å². The fraction of sp³-hybridized carbons (Fsp3) is 0.286. The van der Waals surface area contributed by atoms with Crippen LogP contribution in [0.1, 0.15) is 6.92 Å². The molecule has 0 unspecified atom stereocenters. The molecule has 0 spiro atoms. The summed E-state index contributed by atoms with van der Waals surface area (Å²) >= 11 is 11.2. The van der Waals surface area contributed by atoms with E-state index in [9.17, 15) is 0 Å². The number of aromatic nitrogens is 3. The van der Waals surface area contributed by atoms with Gasteiger partial charge in [-0.3, -0.25) is 0 Å². The number of anilines is 1. The maximum absolute atomic E-state index is 5.69. The third-order valence-corrected chi connectivity index (χ3v) is 1.59. The Kier molecular flexibility index (Phi) is 3.45. The Morgan fingerprint density at radius 2 is 2.15 bits per heavy atom. The molecule has 1 aromatic rings. The molecule has 6 heteroatoms. The van der Waals surface area contributed by atoms with Crippen LogP contribution in [0.3, 0.4) is 0 Å². The molecule has 0 saturated carbocycles. The SMILES string of the molecule is C=C(C)CNc1nc(Cl)nnc1Cl. The Morgan fingerprint density at radius 3 is 2.77 bits per heavy atom. The second-order valence-electron chi connectivity index (χ2n) is 2.53. The molecule has 1 rings (SSSR count). The lowest BCUT2D eigenvalue weighted by atomic mass is 10.3. The summed E-state index contributed by atoms with van der Waals surface area (Å²) in [7, 11) is 0. The van der Waals surface area contributed by atoms with Gasteiger partial charge in [0.05, 0.1) is 0 Å². The Labute approximate surface area is 86.0 Å². The van der Waals surface area contributed by atoms with E-state index in [1.54, 1.807) is 0 Å². The van der Waals surface area contributed by atoms with E-state index in [1.165, 1.54) is 0 Å². The van der Waals surface area contributed by atoms with Crippen LogP contribution >= 0.6 is 23.2 Å². The molecule has 1 N–H and O–H groups in total. The van der Waals surface area contributed by atoms with Crippen LogP contribution in [-0.2, 0) is 0 Å². The molecule has 0 atom stereocenters. The smallest absolute Gasteiger partial charge is 0.245 e. The third-order valence-electron chi connectivity index (χ3n) is 1.18. The molecule has 13 heavy (non-hydrogen) atoms. The van der Waals surface area contributed by atoms with Gasteiger partial charge in [0, 0.05) is 6.54 Å². The van der Waals surface area contributed by atoms with Crippen LogP contribution in [0.4, 0.5) is 5.82 Å². The third kappa shape index (κ3) is 3.16. The van der Waals surface area contributed by atoms with Gasteiger partial charge < -0.3 is 5.32 Å². The minimum atomic E-state index is 0.0635. The van der Waals surface area contributed by atoms with Gasteiger partial charge in [0.25, 0.3) is 0 Å². The summed E-state index contributed by atoms with van der Waals surface area (Å²) in [5.41, 5.74) is 0.964. The summed E-state index contributed by atoms with van der Waals surface area (Å²) in [4.78, 5) is 3.85. The van der Waals surface area contributed by atoms with Crippen molar-refractivity contribution in [1.29, 1.82) is 0 Å². The standard InChI is InChI=1S/C7H8Cl2N4/c1-4(2)3-10-6-5(8)12-13-7(9)11-6/h1,3H2,2H3,(H,10,11,13). The van der Waals surface area contributed by atoms with Crippen molar-refractivity contribution in [2.75, 3.05) is 11.9 Å². The van der Waals surface area contributed by atoms with Crippen molar-refractivity contribution in [1.82, 2.24) is 15.2 Å². The highest BCUT2D eigenvalue weighted by Gasteiger charge is 2.04. The Morgan fingerprint density at radius 1 is 1.46 bits per heavy atom. The minimum absolute atomic E-state index is 0.0635. The molecule has 1 aromatic heterocycles. The zero-order valence-electron chi connectivity index (χ0n) is 7.01. The molecule has 0 aliphatic rings. The van der Waals surface area contributed by atoms with Gasteiger partial charge in [-0.25, -0.2) is 0 Å². The summed E-state index contributed by atoms with van der Waals surface area (Å²) in [6.07, 6.45) is 0. The molecule has 0 fully saturated rings. The van der Waals surface area contributed by atoms with Crippen molar-refractivity contribution in [3.63, 3.8) is 0 Å². The van der Waals surface area contributed by atoms with Crippen molar-refractivity contribution < 1.29 is 0 Å². The molecule has 0 bridgehead atoms. The molecule has 0 aliphatic carbocycles. The maximum Gasteiger partial charge on any atom is 0.245 e. The normalized spacial score (nSPS) is 9.77.